The van der Waals surface area contributed by atoms with E-state index in [1.54, 1.807) is 28.0 Å². The lowest BCUT2D eigenvalue weighted by molar-refractivity contribution is 0.0952. The number of rotatable bonds is 6. The van der Waals surface area contributed by atoms with Gasteiger partial charge in [0.05, 0.1) is 23.0 Å². The van der Waals surface area contributed by atoms with Crippen LogP contribution in [0.4, 0.5) is 0 Å². The minimum Gasteiger partial charge on any atom is -0.352 e. The van der Waals surface area contributed by atoms with E-state index in [-0.39, 0.29) is 5.91 Å². The first-order chi connectivity index (χ1) is 9.61. The van der Waals surface area contributed by atoms with Crippen LogP contribution in [-0.2, 0) is 13.1 Å². The van der Waals surface area contributed by atoms with Crippen molar-refractivity contribution in [3.63, 3.8) is 0 Å². The third-order valence-electron chi connectivity index (χ3n) is 3.10. The molecule has 0 aliphatic rings. The highest BCUT2D eigenvalue weighted by atomic mass is 35.5. The highest BCUT2D eigenvalue weighted by Gasteiger charge is 2.12. The Kier molecular flexibility index (Phi) is 4.79. The lowest BCUT2D eigenvalue weighted by atomic mass is 10.2. The number of hydrogen-bond donors (Lipinski definition) is 1. The summed E-state index contributed by atoms with van der Waals surface area (Å²) < 4.78 is 3.56. The maximum atomic E-state index is 12.0. The van der Waals surface area contributed by atoms with E-state index < -0.39 is 0 Å². The summed E-state index contributed by atoms with van der Waals surface area (Å²) in [6.07, 6.45) is 5.77. The van der Waals surface area contributed by atoms with Crippen LogP contribution in [0.1, 0.15) is 29.4 Å². The van der Waals surface area contributed by atoms with Gasteiger partial charge in [-0.15, -0.1) is 0 Å². The second-order valence-electron chi connectivity index (χ2n) is 4.49. The van der Waals surface area contributed by atoms with Crippen LogP contribution < -0.4 is 5.32 Å². The number of carbonyl (C=O) groups excluding carboxylic acids is 1. The molecule has 2 aromatic rings. The zero-order valence-corrected chi connectivity index (χ0v) is 12.4. The van der Waals surface area contributed by atoms with E-state index in [2.05, 4.69) is 15.5 Å². The van der Waals surface area contributed by atoms with Crippen molar-refractivity contribution < 1.29 is 4.79 Å². The van der Waals surface area contributed by atoms with Crippen LogP contribution in [0.5, 0.6) is 0 Å². The van der Waals surface area contributed by atoms with E-state index in [4.69, 9.17) is 11.6 Å². The Morgan fingerprint density at radius 1 is 1.40 bits per heavy atom. The molecule has 2 aromatic heterocycles. The van der Waals surface area contributed by atoms with Gasteiger partial charge in [-0.3, -0.25) is 14.2 Å². The highest BCUT2D eigenvalue weighted by molar-refractivity contribution is 6.30. The molecule has 2 heterocycles. The SMILES string of the molecule is CCn1ncc(C(=O)NCCCn2cc(Cl)cn2)c1C. The molecule has 1 N–H and O–H groups in total. The van der Waals surface area contributed by atoms with Crippen LogP contribution in [0, 0.1) is 6.92 Å². The van der Waals surface area contributed by atoms with Crippen LogP contribution in [0.2, 0.25) is 5.02 Å². The van der Waals surface area contributed by atoms with Crippen molar-refractivity contribution in [1.29, 1.82) is 0 Å². The van der Waals surface area contributed by atoms with Crippen molar-refractivity contribution in [1.82, 2.24) is 24.9 Å². The number of hydrogen-bond acceptors (Lipinski definition) is 3. The Bertz CT molecular complexity index is 589. The van der Waals surface area contributed by atoms with Gasteiger partial charge in [0.15, 0.2) is 0 Å². The number of carbonyl (C=O) groups is 1. The molecule has 0 aromatic carbocycles. The zero-order chi connectivity index (χ0) is 14.5. The molecule has 108 valence electrons. The molecule has 0 saturated carbocycles. The molecule has 0 atom stereocenters. The number of halogens is 1. The van der Waals surface area contributed by atoms with Crippen molar-refractivity contribution >= 4 is 17.5 Å². The average Bonchev–Trinajstić information content (AvgIpc) is 3.00. The molecular formula is C13H18ClN5O. The van der Waals surface area contributed by atoms with Crippen molar-refractivity contribution in [3.05, 3.63) is 34.9 Å². The highest BCUT2D eigenvalue weighted by Crippen LogP contribution is 2.07. The molecule has 6 nitrogen and oxygen atoms in total. The van der Waals surface area contributed by atoms with Crippen molar-refractivity contribution in [2.45, 2.75) is 33.4 Å². The fraction of sp³-hybridized carbons (Fsp3) is 0.462. The molecule has 0 aliphatic heterocycles. The van der Waals surface area contributed by atoms with Crippen molar-refractivity contribution in [2.24, 2.45) is 0 Å². The summed E-state index contributed by atoms with van der Waals surface area (Å²) in [6, 6.07) is 0. The molecule has 7 heteroatoms. The Morgan fingerprint density at radius 3 is 2.80 bits per heavy atom. The molecule has 20 heavy (non-hydrogen) atoms. The maximum Gasteiger partial charge on any atom is 0.254 e. The van der Waals surface area contributed by atoms with Gasteiger partial charge in [0, 0.05) is 31.5 Å². The summed E-state index contributed by atoms with van der Waals surface area (Å²) >= 11 is 5.77. The largest absolute Gasteiger partial charge is 0.352 e. The van der Waals surface area contributed by atoms with Gasteiger partial charge in [0.25, 0.3) is 5.91 Å². The summed E-state index contributed by atoms with van der Waals surface area (Å²) in [7, 11) is 0. The molecule has 0 aliphatic carbocycles. The van der Waals surface area contributed by atoms with Gasteiger partial charge >= 0.3 is 0 Å². The standard InChI is InChI=1S/C13H18ClN5O/c1-3-19-10(2)12(8-17-19)13(20)15-5-4-6-18-9-11(14)7-16-18/h7-9H,3-6H2,1-2H3,(H,15,20). The summed E-state index contributed by atoms with van der Waals surface area (Å²) in [5.74, 6) is -0.0827. The Labute approximate surface area is 122 Å². The number of nitrogens with one attached hydrogen (secondary N) is 1. The van der Waals surface area contributed by atoms with E-state index in [1.165, 1.54) is 0 Å². The van der Waals surface area contributed by atoms with Crippen molar-refractivity contribution in [2.75, 3.05) is 6.54 Å². The minimum absolute atomic E-state index is 0.0827. The second kappa shape index (κ2) is 6.56. The van der Waals surface area contributed by atoms with Crippen LogP contribution in [0.25, 0.3) is 0 Å². The Morgan fingerprint density at radius 2 is 2.20 bits per heavy atom. The fourth-order valence-electron chi connectivity index (χ4n) is 1.99. The molecule has 0 bridgehead atoms. The van der Waals surface area contributed by atoms with Crippen LogP contribution in [0.15, 0.2) is 18.6 Å². The summed E-state index contributed by atoms with van der Waals surface area (Å²) in [4.78, 5) is 12.0. The molecule has 0 saturated heterocycles. The predicted molar refractivity (Wildman–Crippen MR) is 76.8 cm³/mol. The molecule has 0 radical (unpaired) electrons. The van der Waals surface area contributed by atoms with Gasteiger partial charge in [-0.25, -0.2) is 0 Å². The monoisotopic (exact) mass is 295 g/mol. The smallest absolute Gasteiger partial charge is 0.254 e. The first kappa shape index (κ1) is 14.6. The van der Waals surface area contributed by atoms with E-state index in [1.807, 2.05) is 13.8 Å². The number of aromatic nitrogens is 4. The second-order valence-corrected chi connectivity index (χ2v) is 4.93. The Hall–Kier alpha value is -1.82. The first-order valence-corrected chi connectivity index (χ1v) is 6.98. The lowest BCUT2D eigenvalue weighted by Gasteiger charge is -2.05. The number of aryl methyl sites for hydroxylation is 2. The van der Waals surface area contributed by atoms with E-state index in [9.17, 15) is 4.79 Å². The van der Waals surface area contributed by atoms with Gasteiger partial charge in [0.2, 0.25) is 0 Å². The van der Waals surface area contributed by atoms with E-state index >= 15 is 0 Å². The van der Waals surface area contributed by atoms with E-state index in [0.717, 1.165) is 25.2 Å². The van der Waals surface area contributed by atoms with Crippen LogP contribution in [0.3, 0.4) is 0 Å². The fourth-order valence-corrected chi connectivity index (χ4v) is 2.14. The van der Waals surface area contributed by atoms with Crippen LogP contribution >= 0.6 is 11.6 Å². The lowest BCUT2D eigenvalue weighted by Crippen LogP contribution is -2.25. The van der Waals surface area contributed by atoms with Gasteiger partial charge in [-0.1, -0.05) is 11.6 Å². The van der Waals surface area contributed by atoms with Gasteiger partial charge < -0.3 is 5.32 Å². The number of nitrogens with zero attached hydrogens (tertiary/aromatic N) is 4. The molecule has 0 spiro atoms. The topological polar surface area (TPSA) is 64.7 Å². The maximum absolute atomic E-state index is 12.0. The normalized spacial score (nSPS) is 10.8. The van der Waals surface area contributed by atoms with Crippen molar-refractivity contribution in [3.8, 4) is 0 Å². The van der Waals surface area contributed by atoms with Gasteiger partial charge in [-0.2, -0.15) is 10.2 Å². The third-order valence-corrected chi connectivity index (χ3v) is 3.29. The van der Waals surface area contributed by atoms with Crippen LogP contribution in [-0.4, -0.2) is 32.0 Å². The molecule has 0 unspecified atom stereocenters. The average molecular weight is 296 g/mol. The molecule has 1 amide bonds. The van der Waals surface area contributed by atoms with E-state index in [0.29, 0.717) is 17.1 Å². The first-order valence-electron chi connectivity index (χ1n) is 6.60. The van der Waals surface area contributed by atoms with Gasteiger partial charge in [-0.05, 0) is 20.3 Å². The number of amides is 1. The predicted octanol–water partition coefficient (Wildman–Crippen LogP) is 1.88. The minimum atomic E-state index is -0.0827. The summed E-state index contributed by atoms with van der Waals surface area (Å²) in [5, 5.41) is 11.7. The summed E-state index contributed by atoms with van der Waals surface area (Å²) in [6.45, 7) is 5.97. The third kappa shape index (κ3) is 3.39. The summed E-state index contributed by atoms with van der Waals surface area (Å²) in [5.41, 5.74) is 1.53. The molecular weight excluding hydrogens is 278 g/mol. The van der Waals surface area contributed by atoms with Gasteiger partial charge in [0.1, 0.15) is 0 Å². The zero-order valence-electron chi connectivity index (χ0n) is 11.6. The quantitative estimate of drug-likeness (QED) is 0.828. The molecule has 2 rings (SSSR count). The Balaban J connectivity index is 1.79. The molecule has 0 fully saturated rings.